The first-order chi connectivity index (χ1) is 8.91. The number of methoxy groups -OCH3 is 1. The van der Waals surface area contributed by atoms with Crippen LogP contribution in [-0.4, -0.2) is 22.1 Å². The molecule has 0 fully saturated rings. The summed E-state index contributed by atoms with van der Waals surface area (Å²) < 4.78 is 7.08. The summed E-state index contributed by atoms with van der Waals surface area (Å²) in [5, 5.41) is 8.12. The van der Waals surface area contributed by atoms with Crippen molar-refractivity contribution in [2.45, 2.75) is 32.7 Å². The van der Waals surface area contributed by atoms with Gasteiger partial charge in [-0.15, -0.1) is 5.10 Å². The molecule has 19 heavy (non-hydrogen) atoms. The molecule has 0 spiro atoms. The van der Waals surface area contributed by atoms with Crippen LogP contribution in [0.3, 0.4) is 0 Å². The molecule has 0 aliphatic carbocycles. The van der Waals surface area contributed by atoms with Crippen molar-refractivity contribution in [3.8, 4) is 5.75 Å². The predicted octanol–water partition coefficient (Wildman–Crippen LogP) is 2.21. The molecule has 1 heterocycles. The molecule has 1 aromatic heterocycles. The van der Waals surface area contributed by atoms with Crippen molar-refractivity contribution < 1.29 is 4.74 Å². The molecular weight excluding hydrogens is 240 g/mol. The van der Waals surface area contributed by atoms with E-state index in [4.69, 9.17) is 10.5 Å². The number of anilines is 1. The van der Waals surface area contributed by atoms with Gasteiger partial charge in [0.1, 0.15) is 5.75 Å². The van der Waals surface area contributed by atoms with Crippen LogP contribution in [0.25, 0.3) is 0 Å². The summed E-state index contributed by atoms with van der Waals surface area (Å²) in [6, 6.07) is 7.91. The second-order valence-corrected chi connectivity index (χ2v) is 5.58. The normalized spacial score (nSPS) is 11.6. The lowest BCUT2D eigenvalue weighted by molar-refractivity contribution is 0.413. The molecule has 2 rings (SSSR count). The molecule has 0 radical (unpaired) electrons. The molecule has 0 unspecified atom stereocenters. The van der Waals surface area contributed by atoms with Gasteiger partial charge in [0.05, 0.1) is 19.3 Å². The van der Waals surface area contributed by atoms with E-state index in [1.165, 1.54) is 0 Å². The zero-order chi connectivity index (χ0) is 14.0. The third-order valence-electron chi connectivity index (χ3n) is 2.94. The Kier molecular flexibility index (Phi) is 3.46. The molecule has 2 N–H and O–H groups in total. The van der Waals surface area contributed by atoms with E-state index in [1.807, 2.05) is 28.9 Å². The molecule has 0 aliphatic rings. The third kappa shape index (κ3) is 2.86. The van der Waals surface area contributed by atoms with Crippen LogP contribution in [0.4, 0.5) is 5.82 Å². The maximum atomic E-state index is 5.92. The lowest BCUT2D eigenvalue weighted by atomic mass is 9.92. The number of hydrogen-bond donors (Lipinski definition) is 1. The first-order valence-corrected chi connectivity index (χ1v) is 6.24. The van der Waals surface area contributed by atoms with Gasteiger partial charge in [0.15, 0.2) is 5.82 Å². The van der Waals surface area contributed by atoms with Gasteiger partial charge in [-0.2, -0.15) is 0 Å². The summed E-state index contributed by atoms with van der Waals surface area (Å²) in [5.41, 5.74) is 7.89. The van der Waals surface area contributed by atoms with Crippen molar-refractivity contribution in [1.82, 2.24) is 15.0 Å². The van der Waals surface area contributed by atoms with Crippen LogP contribution in [0.2, 0.25) is 0 Å². The van der Waals surface area contributed by atoms with Gasteiger partial charge in [-0.25, -0.2) is 4.68 Å². The van der Waals surface area contributed by atoms with Crippen molar-refractivity contribution in [2.24, 2.45) is 0 Å². The average Bonchev–Trinajstić information content (AvgIpc) is 2.70. The van der Waals surface area contributed by atoms with E-state index in [1.54, 1.807) is 7.11 Å². The van der Waals surface area contributed by atoms with Crippen LogP contribution < -0.4 is 10.5 Å². The van der Waals surface area contributed by atoms with Crippen LogP contribution in [0.1, 0.15) is 32.0 Å². The molecule has 0 aliphatic heterocycles. The van der Waals surface area contributed by atoms with Gasteiger partial charge in [0.25, 0.3) is 0 Å². The van der Waals surface area contributed by atoms with Gasteiger partial charge in [0.2, 0.25) is 0 Å². The molecule has 2 aromatic rings. The SMILES string of the molecule is COc1cccc(Cn2nnc(N)c2C(C)(C)C)c1. The van der Waals surface area contributed by atoms with Crippen LogP contribution in [0.15, 0.2) is 24.3 Å². The number of ether oxygens (including phenoxy) is 1. The van der Waals surface area contributed by atoms with Crippen LogP contribution >= 0.6 is 0 Å². The van der Waals surface area contributed by atoms with Crippen LogP contribution in [0, 0.1) is 0 Å². The zero-order valence-electron chi connectivity index (χ0n) is 11.8. The van der Waals surface area contributed by atoms with E-state index in [0.29, 0.717) is 12.4 Å². The number of aromatic nitrogens is 3. The van der Waals surface area contributed by atoms with E-state index in [2.05, 4.69) is 31.1 Å². The van der Waals surface area contributed by atoms with Crippen molar-refractivity contribution >= 4 is 5.82 Å². The predicted molar refractivity (Wildman–Crippen MR) is 75.2 cm³/mol. The zero-order valence-corrected chi connectivity index (χ0v) is 11.8. The third-order valence-corrected chi connectivity index (χ3v) is 2.94. The van der Waals surface area contributed by atoms with E-state index < -0.39 is 0 Å². The maximum Gasteiger partial charge on any atom is 0.169 e. The Bertz CT molecular complexity index is 569. The Morgan fingerprint density at radius 2 is 2.05 bits per heavy atom. The molecule has 0 amide bonds. The van der Waals surface area contributed by atoms with Gasteiger partial charge in [-0.3, -0.25) is 0 Å². The molecule has 0 saturated heterocycles. The summed E-state index contributed by atoms with van der Waals surface area (Å²) in [6.07, 6.45) is 0. The highest BCUT2D eigenvalue weighted by molar-refractivity contribution is 5.38. The second-order valence-electron chi connectivity index (χ2n) is 5.58. The summed E-state index contributed by atoms with van der Waals surface area (Å²) in [4.78, 5) is 0. The average molecular weight is 260 g/mol. The van der Waals surface area contributed by atoms with Crippen LogP contribution in [0.5, 0.6) is 5.75 Å². The smallest absolute Gasteiger partial charge is 0.169 e. The molecule has 0 bridgehead atoms. The Balaban J connectivity index is 2.33. The maximum absolute atomic E-state index is 5.92. The molecule has 5 nitrogen and oxygen atoms in total. The van der Waals surface area contributed by atoms with Crippen molar-refractivity contribution in [3.05, 3.63) is 35.5 Å². The van der Waals surface area contributed by atoms with E-state index in [9.17, 15) is 0 Å². The monoisotopic (exact) mass is 260 g/mol. The number of hydrogen-bond acceptors (Lipinski definition) is 4. The fraction of sp³-hybridized carbons (Fsp3) is 0.429. The van der Waals surface area contributed by atoms with Gasteiger partial charge in [-0.05, 0) is 17.7 Å². The van der Waals surface area contributed by atoms with Gasteiger partial charge in [0, 0.05) is 5.41 Å². The lowest BCUT2D eigenvalue weighted by Crippen LogP contribution is -2.20. The quantitative estimate of drug-likeness (QED) is 0.919. The van der Waals surface area contributed by atoms with E-state index in [-0.39, 0.29) is 5.41 Å². The van der Waals surface area contributed by atoms with Crippen LogP contribution in [-0.2, 0) is 12.0 Å². The Morgan fingerprint density at radius 3 is 2.68 bits per heavy atom. The Labute approximate surface area is 113 Å². The van der Waals surface area contributed by atoms with Crippen molar-refractivity contribution in [3.63, 3.8) is 0 Å². The molecular formula is C14H20N4O. The Hall–Kier alpha value is -2.04. The molecule has 102 valence electrons. The van der Waals surface area contributed by atoms with Crippen molar-refractivity contribution in [2.75, 3.05) is 12.8 Å². The second kappa shape index (κ2) is 4.91. The number of nitrogens with two attached hydrogens (primary N) is 1. The minimum atomic E-state index is -0.0908. The minimum absolute atomic E-state index is 0.0908. The Morgan fingerprint density at radius 1 is 1.32 bits per heavy atom. The van der Waals surface area contributed by atoms with E-state index in [0.717, 1.165) is 17.0 Å². The first kappa shape index (κ1) is 13.4. The van der Waals surface area contributed by atoms with Crippen molar-refractivity contribution in [1.29, 1.82) is 0 Å². The largest absolute Gasteiger partial charge is 0.497 e. The topological polar surface area (TPSA) is 66.0 Å². The highest BCUT2D eigenvalue weighted by atomic mass is 16.5. The van der Waals surface area contributed by atoms with Gasteiger partial charge >= 0.3 is 0 Å². The number of benzene rings is 1. The van der Waals surface area contributed by atoms with E-state index >= 15 is 0 Å². The summed E-state index contributed by atoms with van der Waals surface area (Å²) in [7, 11) is 1.66. The number of rotatable bonds is 3. The minimum Gasteiger partial charge on any atom is -0.497 e. The fourth-order valence-electron chi connectivity index (χ4n) is 2.15. The summed E-state index contributed by atoms with van der Waals surface area (Å²) in [5.74, 6) is 1.33. The highest BCUT2D eigenvalue weighted by Crippen LogP contribution is 2.26. The molecule has 5 heteroatoms. The summed E-state index contributed by atoms with van der Waals surface area (Å²) >= 11 is 0. The molecule has 0 atom stereocenters. The standard InChI is InChI=1S/C14H20N4O/c1-14(2,3)12-13(15)16-17-18(12)9-10-6-5-7-11(8-10)19-4/h5-8H,9,15H2,1-4H3. The molecule has 1 aromatic carbocycles. The summed E-state index contributed by atoms with van der Waals surface area (Å²) in [6.45, 7) is 6.94. The fourth-order valence-corrected chi connectivity index (χ4v) is 2.15. The first-order valence-electron chi connectivity index (χ1n) is 6.24. The highest BCUT2D eigenvalue weighted by Gasteiger charge is 2.24. The van der Waals surface area contributed by atoms with Gasteiger partial charge in [-0.1, -0.05) is 38.1 Å². The number of nitrogen functional groups attached to an aromatic ring is 1. The molecule has 0 saturated carbocycles. The van der Waals surface area contributed by atoms with Gasteiger partial charge < -0.3 is 10.5 Å². The lowest BCUT2D eigenvalue weighted by Gasteiger charge is -2.20. The number of nitrogens with zero attached hydrogens (tertiary/aromatic N) is 3.